The van der Waals surface area contributed by atoms with Crippen molar-refractivity contribution in [3.63, 3.8) is 0 Å². The summed E-state index contributed by atoms with van der Waals surface area (Å²) in [6.45, 7) is 1.45. The van der Waals surface area contributed by atoms with Crippen molar-refractivity contribution in [1.82, 2.24) is 9.55 Å². The first kappa shape index (κ1) is 22.6. The van der Waals surface area contributed by atoms with Crippen LogP contribution >= 0.6 is 0 Å². The van der Waals surface area contributed by atoms with E-state index in [0.29, 0.717) is 13.2 Å². The van der Waals surface area contributed by atoms with Crippen molar-refractivity contribution in [2.45, 2.75) is 25.7 Å². The number of nitrogens with zero attached hydrogens (tertiary/aromatic N) is 2. The maximum absolute atomic E-state index is 11.7. The lowest BCUT2D eigenvalue weighted by atomic mass is 10.1. The minimum atomic E-state index is -0.970. The smallest absolute Gasteiger partial charge is 0.333 e. The summed E-state index contributed by atoms with van der Waals surface area (Å²) in [5.74, 6) is -0.230. The summed E-state index contributed by atoms with van der Waals surface area (Å²) in [6, 6.07) is 27.5. The maximum Gasteiger partial charge on any atom is 0.333 e. The highest BCUT2D eigenvalue weighted by molar-refractivity contribution is 6.07. The van der Waals surface area contributed by atoms with Gasteiger partial charge < -0.3 is 19.1 Å². The van der Waals surface area contributed by atoms with Gasteiger partial charge in [-0.2, -0.15) is 0 Å². The van der Waals surface area contributed by atoms with Gasteiger partial charge in [-0.05, 0) is 35.4 Å². The molecule has 1 atom stereocenters. The summed E-state index contributed by atoms with van der Waals surface area (Å²) < 4.78 is 13.9. The fraction of sp³-hybridized carbons (Fsp3) is 0.172. The summed E-state index contributed by atoms with van der Waals surface area (Å²) in [5.41, 5.74) is 4.07. The van der Waals surface area contributed by atoms with Crippen molar-refractivity contribution in [3.05, 3.63) is 108 Å². The van der Waals surface area contributed by atoms with Crippen LogP contribution < -0.4 is 4.74 Å². The highest BCUT2D eigenvalue weighted by Crippen LogP contribution is 2.28. The molecule has 35 heavy (non-hydrogen) atoms. The number of rotatable bonds is 10. The van der Waals surface area contributed by atoms with Gasteiger partial charge in [-0.15, -0.1) is 0 Å². The molecule has 3 aromatic carbocycles. The zero-order valence-electron chi connectivity index (χ0n) is 19.2. The zero-order valence-corrected chi connectivity index (χ0v) is 19.2. The normalized spacial score (nSPS) is 12.1. The van der Waals surface area contributed by atoms with Crippen molar-refractivity contribution in [1.29, 1.82) is 0 Å². The van der Waals surface area contributed by atoms with Crippen LogP contribution in [0.2, 0.25) is 0 Å². The second-order valence-corrected chi connectivity index (χ2v) is 8.38. The van der Waals surface area contributed by atoms with Gasteiger partial charge in [0.2, 0.25) is 0 Å². The molecule has 6 heteroatoms. The van der Waals surface area contributed by atoms with Crippen molar-refractivity contribution < 1.29 is 19.4 Å². The molecule has 176 valence electrons. The van der Waals surface area contributed by atoms with Crippen LogP contribution in [0.15, 0.2) is 97.3 Å². The largest absolute Gasteiger partial charge is 0.492 e. The average Bonchev–Trinajstić information content (AvgIpc) is 3.22. The maximum atomic E-state index is 11.7. The van der Waals surface area contributed by atoms with Crippen LogP contribution in [0.25, 0.3) is 21.8 Å². The highest BCUT2D eigenvalue weighted by Gasteiger charge is 2.19. The van der Waals surface area contributed by atoms with Gasteiger partial charge in [0, 0.05) is 28.9 Å². The lowest BCUT2D eigenvalue weighted by molar-refractivity contribution is -0.151. The number of aliphatic carboxylic acids is 1. The Kier molecular flexibility index (Phi) is 6.73. The number of aromatic nitrogens is 2. The van der Waals surface area contributed by atoms with Gasteiger partial charge in [0.25, 0.3) is 0 Å². The van der Waals surface area contributed by atoms with Gasteiger partial charge >= 0.3 is 5.97 Å². The van der Waals surface area contributed by atoms with Gasteiger partial charge in [-0.25, -0.2) is 4.79 Å². The fourth-order valence-corrected chi connectivity index (χ4v) is 4.32. The quantitative estimate of drug-likeness (QED) is 0.295. The fourth-order valence-electron chi connectivity index (χ4n) is 4.32. The van der Waals surface area contributed by atoms with Gasteiger partial charge in [-0.3, -0.25) is 4.98 Å². The molecule has 2 heterocycles. The van der Waals surface area contributed by atoms with Crippen LogP contribution in [0.4, 0.5) is 0 Å². The van der Waals surface area contributed by atoms with Crippen LogP contribution in [-0.2, 0) is 29.1 Å². The van der Waals surface area contributed by atoms with Gasteiger partial charge in [0.1, 0.15) is 12.4 Å². The molecule has 0 aliphatic rings. The van der Waals surface area contributed by atoms with E-state index in [9.17, 15) is 9.90 Å². The van der Waals surface area contributed by atoms with E-state index in [1.54, 1.807) is 0 Å². The molecule has 0 saturated heterocycles. The molecule has 0 spiro atoms. The molecule has 5 aromatic rings. The van der Waals surface area contributed by atoms with E-state index in [4.69, 9.17) is 9.47 Å². The number of ether oxygens (including phenoxy) is 2. The minimum Gasteiger partial charge on any atom is -0.492 e. The van der Waals surface area contributed by atoms with E-state index in [-0.39, 0.29) is 13.0 Å². The Bertz CT molecular complexity index is 1370. The number of carboxylic acids is 1. The van der Waals surface area contributed by atoms with Gasteiger partial charge in [-0.1, -0.05) is 60.7 Å². The number of carbonyl (C=O) groups is 1. The Labute approximate surface area is 203 Å². The van der Waals surface area contributed by atoms with Crippen LogP contribution in [0.5, 0.6) is 5.75 Å². The Morgan fingerprint density at radius 2 is 1.60 bits per heavy atom. The molecule has 0 aliphatic carbocycles. The van der Waals surface area contributed by atoms with Crippen molar-refractivity contribution in [2.24, 2.45) is 0 Å². The monoisotopic (exact) mass is 466 g/mol. The first-order valence-electron chi connectivity index (χ1n) is 11.6. The van der Waals surface area contributed by atoms with Crippen LogP contribution in [-0.4, -0.2) is 33.3 Å². The molecule has 0 radical (unpaired) electrons. The number of pyridine rings is 1. The summed E-state index contributed by atoms with van der Waals surface area (Å²) >= 11 is 0. The molecule has 0 unspecified atom stereocenters. The number of fused-ring (bicyclic) bond motifs is 3. The van der Waals surface area contributed by atoms with E-state index in [2.05, 4.69) is 21.7 Å². The molecule has 0 amide bonds. The summed E-state index contributed by atoms with van der Waals surface area (Å²) in [4.78, 5) is 16.0. The Morgan fingerprint density at radius 3 is 2.40 bits per heavy atom. The predicted molar refractivity (Wildman–Crippen MR) is 136 cm³/mol. The Balaban J connectivity index is 1.20. The van der Waals surface area contributed by atoms with Crippen LogP contribution in [0.1, 0.15) is 11.1 Å². The zero-order chi connectivity index (χ0) is 24.0. The van der Waals surface area contributed by atoms with Crippen molar-refractivity contribution in [3.8, 4) is 5.75 Å². The average molecular weight is 467 g/mol. The number of hydrogen-bond donors (Lipinski definition) is 1. The third kappa shape index (κ3) is 5.18. The summed E-state index contributed by atoms with van der Waals surface area (Å²) in [5, 5.41) is 12.0. The second-order valence-electron chi connectivity index (χ2n) is 8.38. The molecule has 0 bridgehead atoms. The molecule has 5 rings (SSSR count). The number of para-hydroxylation sites is 1. The van der Waals surface area contributed by atoms with E-state index >= 15 is 0 Å². The summed E-state index contributed by atoms with van der Waals surface area (Å²) in [7, 11) is 0. The molecular weight excluding hydrogens is 440 g/mol. The van der Waals surface area contributed by atoms with E-state index in [1.165, 1.54) is 10.8 Å². The lowest BCUT2D eigenvalue weighted by Gasteiger charge is -2.14. The summed E-state index contributed by atoms with van der Waals surface area (Å²) in [6.07, 6.45) is 3.09. The minimum absolute atomic E-state index is 0.261. The number of benzene rings is 3. The molecule has 0 aliphatic heterocycles. The number of hydrogen-bond acceptors (Lipinski definition) is 4. The first-order chi connectivity index (χ1) is 17.2. The van der Waals surface area contributed by atoms with Crippen LogP contribution in [0.3, 0.4) is 0 Å². The van der Waals surface area contributed by atoms with Crippen molar-refractivity contribution >= 4 is 27.8 Å². The highest BCUT2D eigenvalue weighted by atomic mass is 16.5. The standard InChI is InChI=1S/C29H26N2O4/c32-29(33)28(35-20-22-6-2-1-3-7-22)18-21-10-12-23(13-11-21)34-17-16-31-26-9-5-4-8-24(26)25-14-15-30-19-27(25)31/h1-15,19,28H,16-18,20H2,(H,32,33)/t28-/m0/s1. The third-order valence-electron chi connectivity index (χ3n) is 6.07. The molecule has 0 saturated carbocycles. The first-order valence-corrected chi connectivity index (χ1v) is 11.6. The van der Waals surface area contributed by atoms with E-state index in [0.717, 1.165) is 27.9 Å². The molecule has 1 N–H and O–H groups in total. The van der Waals surface area contributed by atoms with Gasteiger partial charge in [0.05, 0.1) is 24.9 Å². The topological polar surface area (TPSA) is 73.6 Å². The second kappa shape index (κ2) is 10.4. The van der Waals surface area contributed by atoms with Crippen LogP contribution in [0, 0.1) is 0 Å². The molecule has 6 nitrogen and oxygen atoms in total. The lowest BCUT2D eigenvalue weighted by Crippen LogP contribution is -2.26. The molecule has 2 aromatic heterocycles. The molecular formula is C29H26N2O4. The SMILES string of the molecule is O=C(O)[C@H](Cc1ccc(OCCn2c3ccccc3c3ccncc32)cc1)OCc1ccccc1. The Morgan fingerprint density at radius 1 is 0.857 bits per heavy atom. The van der Waals surface area contributed by atoms with Gasteiger partial charge in [0.15, 0.2) is 6.10 Å². The Hall–Kier alpha value is -4.16. The van der Waals surface area contributed by atoms with E-state index in [1.807, 2.05) is 85.2 Å². The number of carboxylic acid groups (broad SMARTS) is 1. The third-order valence-corrected chi connectivity index (χ3v) is 6.07. The van der Waals surface area contributed by atoms with Crippen molar-refractivity contribution in [2.75, 3.05) is 6.61 Å². The van der Waals surface area contributed by atoms with E-state index < -0.39 is 12.1 Å². The molecule has 0 fully saturated rings. The predicted octanol–water partition coefficient (Wildman–Crippen LogP) is 5.48.